The maximum atomic E-state index is 6.28. The molecular formula is C15H22ClIN2. The second-order valence-corrected chi connectivity index (χ2v) is 6.98. The number of nitrogens with zero attached hydrogens (tertiary/aromatic N) is 1. The minimum absolute atomic E-state index is 0.483. The van der Waals surface area contributed by atoms with E-state index in [0.29, 0.717) is 6.04 Å². The average molecular weight is 393 g/mol. The van der Waals surface area contributed by atoms with Crippen LogP contribution in [0.4, 0.5) is 5.69 Å². The van der Waals surface area contributed by atoms with Gasteiger partial charge in [0.15, 0.2) is 0 Å². The van der Waals surface area contributed by atoms with E-state index in [9.17, 15) is 0 Å². The SMILES string of the molecule is CCN1CCC(C(C)Nc2ccc(I)cc2Cl)CC1. The predicted molar refractivity (Wildman–Crippen MR) is 92.1 cm³/mol. The summed E-state index contributed by atoms with van der Waals surface area (Å²) in [6, 6.07) is 6.68. The summed E-state index contributed by atoms with van der Waals surface area (Å²) in [6.07, 6.45) is 2.56. The molecule has 2 rings (SSSR count). The van der Waals surface area contributed by atoms with Crippen LogP contribution >= 0.6 is 34.2 Å². The summed E-state index contributed by atoms with van der Waals surface area (Å²) >= 11 is 8.57. The van der Waals surface area contributed by atoms with Crippen LogP contribution in [0.2, 0.25) is 5.02 Å². The lowest BCUT2D eigenvalue weighted by Gasteiger charge is -2.35. The molecule has 0 bridgehead atoms. The highest BCUT2D eigenvalue weighted by Gasteiger charge is 2.23. The molecule has 1 aromatic carbocycles. The van der Waals surface area contributed by atoms with Gasteiger partial charge in [0, 0.05) is 9.61 Å². The molecule has 1 atom stereocenters. The number of likely N-dealkylation sites (tertiary alicyclic amines) is 1. The van der Waals surface area contributed by atoms with Gasteiger partial charge in [0.25, 0.3) is 0 Å². The van der Waals surface area contributed by atoms with Crippen molar-refractivity contribution >= 4 is 39.9 Å². The Balaban J connectivity index is 1.92. The summed E-state index contributed by atoms with van der Waals surface area (Å²) in [6.45, 7) is 8.16. The smallest absolute Gasteiger partial charge is 0.0648 e. The maximum Gasteiger partial charge on any atom is 0.0648 e. The number of piperidine rings is 1. The Hall–Kier alpha value is -0.0000000000000000555. The fraction of sp³-hybridized carbons (Fsp3) is 0.600. The van der Waals surface area contributed by atoms with Crippen molar-refractivity contribution in [3.8, 4) is 0 Å². The molecule has 1 N–H and O–H groups in total. The second-order valence-electron chi connectivity index (χ2n) is 5.33. The Labute approximate surface area is 135 Å². The zero-order chi connectivity index (χ0) is 13.8. The topological polar surface area (TPSA) is 15.3 Å². The number of benzene rings is 1. The van der Waals surface area contributed by atoms with E-state index in [0.717, 1.165) is 16.6 Å². The molecule has 1 unspecified atom stereocenters. The summed E-state index contributed by atoms with van der Waals surface area (Å²) < 4.78 is 1.18. The normalized spacial score (nSPS) is 19.4. The molecular weight excluding hydrogens is 371 g/mol. The average Bonchev–Trinajstić information content (AvgIpc) is 2.42. The first-order valence-corrected chi connectivity index (χ1v) is 8.49. The van der Waals surface area contributed by atoms with Gasteiger partial charge in [0.1, 0.15) is 0 Å². The van der Waals surface area contributed by atoms with Crippen molar-refractivity contribution in [2.75, 3.05) is 25.0 Å². The quantitative estimate of drug-likeness (QED) is 0.760. The number of rotatable bonds is 4. The van der Waals surface area contributed by atoms with Gasteiger partial charge in [-0.15, -0.1) is 0 Å². The van der Waals surface area contributed by atoms with Gasteiger partial charge in [-0.05, 0) is 86.1 Å². The van der Waals surface area contributed by atoms with Gasteiger partial charge in [-0.2, -0.15) is 0 Å². The van der Waals surface area contributed by atoms with Crippen molar-refractivity contribution in [3.63, 3.8) is 0 Å². The van der Waals surface area contributed by atoms with Gasteiger partial charge in [0.2, 0.25) is 0 Å². The molecule has 1 aliphatic heterocycles. The Kier molecular flexibility index (Phi) is 5.78. The number of halogens is 2. The van der Waals surface area contributed by atoms with E-state index < -0.39 is 0 Å². The Morgan fingerprint density at radius 2 is 2.11 bits per heavy atom. The van der Waals surface area contributed by atoms with Gasteiger partial charge in [-0.25, -0.2) is 0 Å². The van der Waals surface area contributed by atoms with Crippen LogP contribution in [0.3, 0.4) is 0 Å². The van der Waals surface area contributed by atoms with Crippen LogP contribution in [-0.4, -0.2) is 30.6 Å². The van der Waals surface area contributed by atoms with Crippen LogP contribution < -0.4 is 5.32 Å². The lowest BCUT2D eigenvalue weighted by atomic mass is 9.90. The van der Waals surface area contributed by atoms with Crippen molar-refractivity contribution in [2.45, 2.75) is 32.7 Å². The highest BCUT2D eigenvalue weighted by molar-refractivity contribution is 14.1. The summed E-state index contributed by atoms with van der Waals surface area (Å²) in [5.74, 6) is 0.748. The molecule has 0 aromatic heterocycles. The molecule has 1 heterocycles. The minimum Gasteiger partial charge on any atom is -0.381 e. The molecule has 0 aliphatic carbocycles. The molecule has 0 saturated carbocycles. The first-order chi connectivity index (χ1) is 9.10. The van der Waals surface area contributed by atoms with Crippen molar-refractivity contribution in [3.05, 3.63) is 26.8 Å². The summed E-state index contributed by atoms with van der Waals surface area (Å²) in [4.78, 5) is 2.53. The number of nitrogens with one attached hydrogen (secondary N) is 1. The largest absolute Gasteiger partial charge is 0.381 e. The van der Waals surface area contributed by atoms with Crippen LogP contribution in [-0.2, 0) is 0 Å². The highest BCUT2D eigenvalue weighted by Crippen LogP contribution is 2.28. The Morgan fingerprint density at radius 1 is 1.42 bits per heavy atom. The lowest BCUT2D eigenvalue weighted by Crippen LogP contribution is -2.39. The first kappa shape index (κ1) is 15.4. The van der Waals surface area contributed by atoms with Gasteiger partial charge in [-0.1, -0.05) is 18.5 Å². The third-order valence-electron chi connectivity index (χ3n) is 4.10. The molecule has 0 spiro atoms. The number of hydrogen-bond donors (Lipinski definition) is 1. The van der Waals surface area contributed by atoms with Gasteiger partial charge >= 0.3 is 0 Å². The Bertz CT molecular complexity index is 417. The van der Waals surface area contributed by atoms with E-state index >= 15 is 0 Å². The first-order valence-electron chi connectivity index (χ1n) is 7.04. The van der Waals surface area contributed by atoms with E-state index in [2.05, 4.69) is 58.8 Å². The van der Waals surface area contributed by atoms with Crippen molar-refractivity contribution in [1.82, 2.24) is 4.90 Å². The molecule has 106 valence electrons. The van der Waals surface area contributed by atoms with E-state index in [1.165, 1.54) is 36.0 Å². The molecule has 19 heavy (non-hydrogen) atoms. The standard InChI is InChI=1S/C15H22ClIN2/c1-3-19-8-6-12(7-9-19)11(2)18-15-5-4-13(17)10-14(15)16/h4-5,10-12,18H,3,6-9H2,1-2H3. The fourth-order valence-electron chi connectivity index (χ4n) is 2.74. The summed E-state index contributed by atoms with van der Waals surface area (Å²) in [5, 5.41) is 4.41. The molecule has 1 fully saturated rings. The van der Waals surface area contributed by atoms with Crippen molar-refractivity contribution in [2.24, 2.45) is 5.92 Å². The molecule has 0 amide bonds. The second kappa shape index (κ2) is 7.14. The lowest BCUT2D eigenvalue weighted by molar-refractivity contribution is 0.183. The fourth-order valence-corrected chi connectivity index (χ4v) is 3.65. The summed E-state index contributed by atoms with van der Waals surface area (Å²) in [5.41, 5.74) is 1.06. The van der Waals surface area contributed by atoms with Crippen molar-refractivity contribution < 1.29 is 0 Å². The van der Waals surface area contributed by atoms with Crippen LogP contribution in [0, 0.1) is 9.49 Å². The van der Waals surface area contributed by atoms with Crippen molar-refractivity contribution in [1.29, 1.82) is 0 Å². The van der Waals surface area contributed by atoms with Gasteiger partial charge in [-0.3, -0.25) is 0 Å². The summed E-state index contributed by atoms with van der Waals surface area (Å²) in [7, 11) is 0. The third kappa shape index (κ3) is 4.23. The van der Waals surface area contributed by atoms with Gasteiger partial charge < -0.3 is 10.2 Å². The van der Waals surface area contributed by atoms with Crippen LogP contribution in [0.15, 0.2) is 18.2 Å². The van der Waals surface area contributed by atoms with Crippen LogP contribution in [0.1, 0.15) is 26.7 Å². The predicted octanol–water partition coefficient (Wildman–Crippen LogP) is 4.48. The molecule has 1 aromatic rings. The van der Waals surface area contributed by atoms with Crippen LogP contribution in [0.25, 0.3) is 0 Å². The number of anilines is 1. The Morgan fingerprint density at radius 3 is 2.68 bits per heavy atom. The zero-order valence-corrected chi connectivity index (χ0v) is 14.5. The van der Waals surface area contributed by atoms with E-state index in [4.69, 9.17) is 11.6 Å². The molecule has 1 aliphatic rings. The van der Waals surface area contributed by atoms with Gasteiger partial charge in [0.05, 0.1) is 10.7 Å². The molecule has 4 heteroatoms. The van der Waals surface area contributed by atoms with Crippen LogP contribution in [0.5, 0.6) is 0 Å². The van der Waals surface area contributed by atoms with E-state index in [-0.39, 0.29) is 0 Å². The monoisotopic (exact) mass is 392 g/mol. The zero-order valence-electron chi connectivity index (χ0n) is 11.6. The third-order valence-corrected chi connectivity index (χ3v) is 5.08. The van der Waals surface area contributed by atoms with E-state index in [1.54, 1.807) is 0 Å². The number of hydrogen-bond acceptors (Lipinski definition) is 2. The minimum atomic E-state index is 0.483. The molecule has 1 saturated heterocycles. The maximum absolute atomic E-state index is 6.28. The van der Waals surface area contributed by atoms with E-state index in [1.807, 2.05) is 6.07 Å². The highest BCUT2D eigenvalue weighted by atomic mass is 127. The molecule has 0 radical (unpaired) electrons. The molecule has 2 nitrogen and oxygen atoms in total.